The van der Waals surface area contributed by atoms with Gasteiger partial charge in [0.05, 0.1) is 12.3 Å². The number of benzene rings is 1. The molecule has 0 aliphatic carbocycles. The van der Waals surface area contributed by atoms with Crippen LogP contribution < -0.4 is 9.64 Å². The van der Waals surface area contributed by atoms with Crippen molar-refractivity contribution in [2.24, 2.45) is 0 Å². The molecule has 1 aliphatic rings. The molecule has 0 unspecified atom stereocenters. The first-order valence-electron chi connectivity index (χ1n) is 6.55. The second-order valence-corrected chi connectivity index (χ2v) is 4.74. The van der Waals surface area contributed by atoms with Crippen LogP contribution in [0.5, 0.6) is 5.75 Å². The Morgan fingerprint density at radius 1 is 1.16 bits per heavy atom. The van der Waals surface area contributed by atoms with Crippen molar-refractivity contribution >= 4 is 5.69 Å². The lowest BCUT2D eigenvalue weighted by Crippen LogP contribution is -2.44. The van der Waals surface area contributed by atoms with Crippen molar-refractivity contribution in [1.29, 1.82) is 0 Å². The Hall–Kier alpha value is -1.33. The Morgan fingerprint density at radius 2 is 1.89 bits per heavy atom. The molecule has 1 aliphatic heterocycles. The Morgan fingerprint density at radius 3 is 2.53 bits per heavy atom. The van der Waals surface area contributed by atoms with Gasteiger partial charge in [-0.1, -0.05) is 0 Å². The average Bonchev–Trinajstić information content (AvgIpc) is 2.41. The first kappa shape index (κ1) is 14.1. The standard InChI is InChI=1S/C14H21FN2O2/c1-16-5-7-17(8-6-16)14-4-3-12(11-13(14)15)19-10-9-18-2/h3-4,11H,5-10H2,1-2H3. The van der Waals surface area contributed by atoms with Crippen LogP contribution in [0.25, 0.3) is 0 Å². The molecule has 0 spiro atoms. The number of piperazine rings is 1. The largest absolute Gasteiger partial charge is 0.491 e. The van der Waals surface area contributed by atoms with E-state index >= 15 is 0 Å². The van der Waals surface area contributed by atoms with Gasteiger partial charge in [-0.05, 0) is 19.2 Å². The zero-order chi connectivity index (χ0) is 13.7. The predicted octanol–water partition coefficient (Wildman–Crippen LogP) is 1.60. The minimum atomic E-state index is -0.223. The van der Waals surface area contributed by atoms with Crippen LogP contribution >= 0.6 is 0 Å². The quantitative estimate of drug-likeness (QED) is 0.757. The number of hydrogen-bond acceptors (Lipinski definition) is 4. The molecule has 1 saturated heterocycles. The van der Waals surface area contributed by atoms with Gasteiger partial charge in [0.2, 0.25) is 0 Å². The van der Waals surface area contributed by atoms with E-state index in [1.54, 1.807) is 13.2 Å². The van der Waals surface area contributed by atoms with Crippen LogP contribution in [0.2, 0.25) is 0 Å². The maximum atomic E-state index is 14.1. The van der Waals surface area contributed by atoms with E-state index in [9.17, 15) is 4.39 Å². The number of hydrogen-bond donors (Lipinski definition) is 0. The molecular weight excluding hydrogens is 247 g/mol. The molecule has 0 atom stereocenters. The summed E-state index contributed by atoms with van der Waals surface area (Å²) in [4.78, 5) is 4.32. The van der Waals surface area contributed by atoms with Gasteiger partial charge in [-0.25, -0.2) is 4.39 Å². The van der Waals surface area contributed by atoms with Crippen molar-refractivity contribution in [3.63, 3.8) is 0 Å². The highest BCUT2D eigenvalue weighted by Gasteiger charge is 2.17. The van der Waals surface area contributed by atoms with Crippen molar-refractivity contribution in [2.75, 3.05) is 58.5 Å². The zero-order valence-corrected chi connectivity index (χ0v) is 11.6. The summed E-state index contributed by atoms with van der Waals surface area (Å²) in [5, 5.41) is 0. The number of halogens is 1. The third-order valence-corrected chi connectivity index (χ3v) is 3.32. The van der Waals surface area contributed by atoms with E-state index in [0.29, 0.717) is 24.7 Å². The highest BCUT2D eigenvalue weighted by Crippen LogP contribution is 2.25. The fraction of sp³-hybridized carbons (Fsp3) is 0.571. The molecule has 0 saturated carbocycles. The number of methoxy groups -OCH3 is 1. The Bertz CT molecular complexity index is 406. The SMILES string of the molecule is COCCOc1ccc(N2CCN(C)CC2)c(F)c1. The second-order valence-electron chi connectivity index (χ2n) is 4.74. The minimum absolute atomic E-state index is 0.223. The van der Waals surface area contributed by atoms with Gasteiger partial charge in [0, 0.05) is 39.4 Å². The van der Waals surface area contributed by atoms with Crippen LogP contribution in [0.15, 0.2) is 18.2 Å². The summed E-state index contributed by atoms with van der Waals surface area (Å²) in [7, 11) is 3.70. The van der Waals surface area contributed by atoms with Gasteiger partial charge in [0.1, 0.15) is 18.2 Å². The minimum Gasteiger partial charge on any atom is -0.491 e. The van der Waals surface area contributed by atoms with Crippen molar-refractivity contribution in [1.82, 2.24) is 4.90 Å². The third kappa shape index (κ3) is 3.81. The Kier molecular flexibility index (Phi) is 4.99. The highest BCUT2D eigenvalue weighted by atomic mass is 19.1. The van der Waals surface area contributed by atoms with Crippen LogP contribution in [0.1, 0.15) is 0 Å². The van der Waals surface area contributed by atoms with Crippen LogP contribution in [0.3, 0.4) is 0 Å². The monoisotopic (exact) mass is 268 g/mol. The molecule has 0 aromatic heterocycles. The summed E-state index contributed by atoms with van der Waals surface area (Å²) in [6, 6.07) is 5.05. The van der Waals surface area contributed by atoms with Crippen molar-refractivity contribution in [3.05, 3.63) is 24.0 Å². The lowest BCUT2D eigenvalue weighted by molar-refractivity contribution is 0.146. The molecule has 1 heterocycles. The molecule has 0 bridgehead atoms. The fourth-order valence-electron chi connectivity index (χ4n) is 2.12. The van der Waals surface area contributed by atoms with Gasteiger partial charge in [-0.3, -0.25) is 0 Å². The first-order valence-corrected chi connectivity index (χ1v) is 6.55. The molecule has 1 aromatic rings. The van der Waals surface area contributed by atoms with Crippen molar-refractivity contribution in [2.45, 2.75) is 0 Å². The molecule has 0 N–H and O–H groups in total. The van der Waals surface area contributed by atoms with Gasteiger partial charge in [0.15, 0.2) is 0 Å². The number of ether oxygens (including phenoxy) is 2. The average molecular weight is 268 g/mol. The normalized spacial score (nSPS) is 16.7. The van der Waals surface area contributed by atoms with Crippen LogP contribution in [-0.2, 0) is 4.74 Å². The zero-order valence-electron chi connectivity index (χ0n) is 11.6. The summed E-state index contributed by atoms with van der Waals surface area (Å²) >= 11 is 0. The van der Waals surface area contributed by atoms with Gasteiger partial charge in [-0.2, -0.15) is 0 Å². The van der Waals surface area contributed by atoms with Gasteiger partial charge in [0.25, 0.3) is 0 Å². The maximum absolute atomic E-state index is 14.1. The van der Waals surface area contributed by atoms with E-state index in [1.165, 1.54) is 6.07 Å². The van der Waals surface area contributed by atoms with Crippen molar-refractivity contribution in [3.8, 4) is 5.75 Å². The summed E-state index contributed by atoms with van der Waals surface area (Å²) in [5.41, 5.74) is 0.659. The summed E-state index contributed by atoms with van der Waals surface area (Å²) in [5.74, 6) is 0.326. The molecule has 2 rings (SSSR count). The lowest BCUT2D eigenvalue weighted by Gasteiger charge is -2.34. The molecule has 106 valence electrons. The smallest absolute Gasteiger partial charge is 0.150 e. The van der Waals surface area contributed by atoms with E-state index < -0.39 is 0 Å². The summed E-state index contributed by atoms with van der Waals surface area (Å²) in [6.07, 6.45) is 0. The van der Waals surface area contributed by atoms with Gasteiger partial charge in [-0.15, -0.1) is 0 Å². The van der Waals surface area contributed by atoms with E-state index in [2.05, 4.69) is 16.8 Å². The molecule has 0 amide bonds. The molecule has 19 heavy (non-hydrogen) atoms. The molecular formula is C14H21FN2O2. The number of nitrogens with zero attached hydrogens (tertiary/aromatic N) is 2. The van der Waals surface area contributed by atoms with Gasteiger partial charge >= 0.3 is 0 Å². The predicted molar refractivity (Wildman–Crippen MR) is 73.5 cm³/mol. The Labute approximate surface area is 113 Å². The lowest BCUT2D eigenvalue weighted by atomic mass is 10.2. The third-order valence-electron chi connectivity index (χ3n) is 3.32. The first-order chi connectivity index (χ1) is 9.20. The van der Waals surface area contributed by atoms with Gasteiger partial charge < -0.3 is 19.3 Å². The van der Waals surface area contributed by atoms with E-state index in [1.807, 2.05) is 6.07 Å². The maximum Gasteiger partial charge on any atom is 0.150 e. The molecule has 4 nitrogen and oxygen atoms in total. The van der Waals surface area contributed by atoms with E-state index in [-0.39, 0.29) is 5.82 Å². The number of likely N-dealkylation sites (N-methyl/N-ethyl adjacent to an activating group) is 1. The number of anilines is 1. The van der Waals surface area contributed by atoms with Crippen LogP contribution in [0.4, 0.5) is 10.1 Å². The molecule has 0 radical (unpaired) electrons. The molecule has 1 aromatic carbocycles. The van der Waals surface area contributed by atoms with Crippen molar-refractivity contribution < 1.29 is 13.9 Å². The van der Waals surface area contributed by atoms with Crippen LogP contribution in [-0.4, -0.2) is 58.5 Å². The summed E-state index contributed by atoms with van der Waals surface area (Å²) < 4.78 is 24.4. The Balaban J connectivity index is 1.98. The topological polar surface area (TPSA) is 24.9 Å². The second kappa shape index (κ2) is 6.73. The summed E-state index contributed by atoms with van der Waals surface area (Å²) in [6.45, 7) is 4.58. The van der Waals surface area contributed by atoms with E-state index in [0.717, 1.165) is 26.2 Å². The van der Waals surface area contributed by atoms with E-state index in [4.69, 9.17) is 9.47 Å². The highest BCUT2D eigenvalue weighted by molar-refractivity contribution is 5.51. The number of rotatable bonds is 5. The fourth-order valence-corrected chi connectivity index (χ4v) is 2.12. The van der Waals surface area contributed by atoms with Crippen LogP contribution in [0, 0.1) is 5.82 Å². The molecule has 5 heteroatoms. The molecule has 1 fully saturated rings.